The van der Waals surface area contributed by atoms with Crippen molar-refractivity contribution < 1.29 is 0 Å². The van der Waals surface area contributed by atoms with Gasteiger partial charge in [-0.2, -0.15) is 0 Å². The molecule has 0 aliphatic heterocycles. The van der Waals surface area contributed by atoms with E-state index in [0.717, 1.165) is 19.4 Å². The van der Waals surface area contributed by atoms with Crippen molar-refractivity contribution in [1.82, 2.24) is 10.3 Å². The first-order chi connectivity index (χ1) is 5.36. The third-order valence-corrected chi connectivity index (χ3v) is 2.51. The molecule has 62 valence electrons. The van der Waals surface area contributed by atoms with Gasteiger partial charge in [-0.05, 0) is 13.5 Å². The monoisotopic (exact) mass is 170 g/mol. The number of nitrogens with zero attached hydrogens (tertiary/aromatic N) is 1. The molecular formula is C8H14N2S. The number of aryl methyl sites for hydroxylation is 1. The molecule has 0 aliphatic rings. The minimum atomic E-state index is 1.02. The van der Waals surface area contributed by atoms with E-state index in [1.165, 1.54) is 10.7 Å². The van der Waals surface area contributed by atoms with Gasteiger partial charge < -0.3 is 5.32 Å². The van der Waals surface area contributed by atoms with Gasteiger partial charge in [-0.1, -0.05) is 6.92 Å². The number of nitrogens with one attached hydrogen (secondary N) is 1. The molecule has 2 nitrogen and oxygen atoms in total. The third-order valence-electron chi connectivity index (χ3n) is 1.55. The third kappa shape index (κ3) is 2.60. The van der Waals surface area contributed by atoms with Gasteiger partial charge in [0.1, 0.15) is 0 Å². The van der Waals surface area contributed by atoms with Crippen LogP contribution in [0.3, 0.4) is 0 Å². The highest BCUT2D eigenvalue weighted by atomic mass is 32.1. The van der Waals surface area contributed by atoms with Gasteiger partial charge in [0.05, 0.1) is 10.7 Å². The van der Waals surface area contributed by atoms with Crippen molar-refractivity contribution in [2.45, 2.75) is 19.8 Å². The molecule has 0 amide bonds. The summed E-state index contributed by atoms with van der Waals surface area (Å²) >= 11 is 1.76. The molecule has 0 saturated heterocycles. The SMILES string of the molecule is CCc1csc(CCNC)n1. The zero-order chi connectivity index (χ0) is 8.10. The number of thiazole rings is 1. The summed E-state index contributed by atoms with van der Waals surface area (Å²) in [6, 6.07) is 0. The first-order valence-corrected chi connectivity index (χ1v) is 4.82. The summed E-state index contributed by atoms with van der Waals surface area (Å²) in [7, 11) is 1.97. The Morgan fingerprint density at radius 1 is 1.64 bits per heavy atom. The van der Waals surface area contributed by atoms with Gasteiger partial charge in [-0.25, -0.2) is 4.98 Å². The maximum atomic E-state index is 4.44. The molecular weight excluding hydrogens is 156 g/mol. The lowest BCUT2D eigenvalue weighted by Gasteiger charge is -1.92. The van der Waals surface area contributed by atoms with Crippen molar-refractivity contribution in [2.24, 2.45) is 0 Å². The topological polar surface area (TPSA) is 24.9 Å². The molecule has 1 heterocycles. The van der Waals surface area contributed by atoms with Crippen molar-refractivity contribution in [3.8, 4) is 0 Å². The molecule has 0 fully saturated rings. The van der Waals surface area contributed by atoms with E-state index in [2.05, 4.69) is 22.6 Å². The van der Waals surface area contributed by atoms with Crippen LogP contribution in [0, 0.1) is 0 Å². The van der Waals surface area contributed by atoms with Crippen molar-refractivity contribution in [3.63, 3.8) is 0 Å². The van der Waals surface area contributed by atoms with Gasteiger partial charge in [-0.3, -0.25) is 0 Å². The number of hydrogen-bond donors (Lipinski definition) is 1. The summed E-state index contributed by atoms with van der Waals surface area (Å²) in [5.41, 5.74) is 1.22. The number of hydrogen-bond acceptors (Lipinski definition) is 3. The molecule has 0 radical (unpaired) electrons. The summed E-state index contributed by atoms with van der Waals surface area (Å²) in [6.45, 7) is 3.16. The van der Waals surface area contributed by atoms with Gasteiger partial charge in [0.2, 0.25) is 0 Å². The average molecular weight is 170 g/mol. The summed E-state index contributed by atoms with van der Waals surface area (Å²) in [4.78, 5) is 4.44. The zero-order valence-electron chi connectivity index (χ0n) is 7.05. The predicted molar refractivity (Wildman–Crippen MR) is 49.1 cm³/mol. The molecule has 0 saturated carbocycles. The minimum Gasteiger partial charge on any atom is -0.319 e. The zero-order valence-corrected chi connectivity index (χ0v) is 7.87. The van der Waals surface area contributed by atoms with Crippen molar-refractivity contribution in [1.29, 1.82) is 0 Å². The fourth-order valence-corrected chi connectivity index (χ4v) is 1.74. The number of likely N-dealkylation sites (N-methyl/N-ethyl adjacent to an activating group) is 1. The van der Waals surface area contributed by atoms with E-state index in [1.54, 1.807) is 11.3 Å². The summed E-state index contributed by atoms with van der Waals surface area (Å²) in [6.07, 6.45) is 2.11. The van der Waals surface area contributed by atoms with E-state index < -0.39 is 0 Å². The second kappa shape index (κ2) is 4.46. The lowest BCUT2D eigenvalue weighted by atomic mass is 10.4. The maximum Gasteiger partial charge on any atom is 0.0940 e. The molecule has 1 rings (SSSR count). The Hall–Kier alpha value is -0.410. The molecule has 1 aromatic heterocycles. The molecule has 0 spiro atoms. The summed E-state index contributed by atoms with van der Waals surface area (Å²) in [5, 5.41) is 6.50. The minimum absolute atomic E-state index is 1.02. The second-order valence-corrected chi connectivity index (χ2v) is 3.38. The predicted octanol–water partition coefficient (Wildman–Crippen LogP) is 1.47. The lowest BCUT2D eigenvalue weighted by Crippen LogP contribution is -2.10. The van der Waals surface area contributed by atoms with Gasteiger partial charge in [0, 0.05) is 18.3 Å². The van der Waals surface area contributed by atoms with E-state index in [4.69, 9.17) is 0 Å². The summed E-state index contributed by atoms with van der Waals surface area (Å²) in [5.74, 6) is 0. The maximum absolute atomic E-state index is 4.44. The van der Waals surface area contributed by atoms with Gasteiger partial charge in [0.25, 0.3) is 0 Å². The quantitative estimate of drug-likeness (QED) is 0.740. The molecule has 0 unspecified atom stereocenters. The Morgan fingerprint density at radius 3 is 3.00 bits per heavy atom. The van der Waals surface area contributed by atoms with Crippen LogP contribution in [0.2, 0.25) is 0 Å². The molecule has 1 aromatic rings. The van der Waals surface area contributed by atoms with E-state index in [0.29, 0.717) is 0 Å². The Bertz CT molecular complexity index is 208. The first kappa shape index (κ1) is 8.68. The molecule has 1 N–H and O–H groups in total. The van der Waals surface area contributed by atoms with Crippen LogP contribution in [-0.4, -0.2) is 18.6 Å². The standard InChI is InChI=1S/C8H14N2S/c1-3-7-6-11-8(10-7)4-5-9-2/h6,9H,3-5H2,1-2H3. The smallest absolute Gasteiger partial charge is 0.0940 e. The van der Waals surface area contributed by atoms with Gasteiger partial charge in [-0.15, -0.1) is 11.3 Å². The molecule has 0 aromatic carbocycles. The van der Waals surface area contributed by atoms with E-state index in [1.807, 2.05) is 7.05 Å². The number of aromatic nitrogens is 1. The molecule has 3 heteroatoms. The highest BCUT2D eigenvalue weighted by Gasteiger charge is 1.98. The van der Waals surface area contributed by atoms with Gasteiger partial charge in [0.15, 0.2) is 0 Å². The van der Waals surface area contributed by atoms with Crippen molar-refractivity contribution >= 4 is 11.3 Å². The summed E-state index contributed by atoms with van der Waals surface area (Å²) < 4.78 is 0. The van der Waals surface area contributed by atoms with Crippen LogP contribution in [0.1, 0.15) is 17.6 Å². The normalized spacial score (nSPS) is 10.4. The van der Waals surface area contributed by atoms with Crippen LogP contribution >= 0.6 is 11.3 Å². The van der Waals surface area contributed by atoms with Crippen LogP contribution in [0.15, 0.2) is 5.38 Å². The van der Waals surface area contributed by atoms with Crippen LogP contribution in [0.4, 0.5) is 0 Å². The van der Waals surface area contributed by atoms with Crippen molar-refractivity contribution in [3.05, 3.63) is 16.1 Å². The van der Waals surface area contributed by atoms with Crippen LogP contribution in [0.5, 0.6) is 0 Å². The van der Waals surface area contributed by atoms with Gasteiger partial charge >= 0.3 is 0 Å². The number of rotatable bonds is 4. The Balaban J connectivity index is 2.44. The second-order valence-electron chi connectivity index (χ2n) is 2.44. The lowest BCUT2D eigenvalue weighted by molar-refractivity contribution is 0.784. The van der Waals surface area contributed by atoms with Crippen LogP contribution < -0.4 is 5.32 Å². The van der Waals surface area contributed by atoms with E-state index in [-0.39, 0.29) is 0 Å². The molecule has 0 bridgehead atoms. The largest absolute Gasteiger partial charge is 0.319 e. The van der Waals surface area contributed by atoms with Crippen molar-refractivity contribution in [2.75, 3.05) is 13.6 Å². The fraction of sp³-hybridized carbons (Fsp3) is 0.625. The molecule has 11 heavy (non-hydrogen) atoms. The highest BCUT2D eigenvalue weighted by Crippen LogP contribution is 2.09. The average Bonchev–Trinajstić information content (AvgIpc) is 2.48. The van der Waals surface area contributed by atoms with E-state index in [9.17, 15) is 0 Å². The highest BCUT2D eigenvalue weighted by molar-refractivity contribution is 7.09. The van der Waals surface area contributed by atoms with Crippen LogP contribution in [0.25, 0.3) is 0 Å². The Morgan fingerprint density at radius 2 is 2.45 bits per heavy atom. The molecule has 0 aliphatic carbocycles. The Kier molecular flexibility index (Phi) is 3.52. The van der Waals surface area contributed by atoms with E-state index >= 15 is 0 Å². The fourth-order valence-electron chi connectivity index (χ4n) is 0.858. The Labute approximate surface area is 71.7 Å². The first-order valence-electron chi connectivity index (χ1n) is 3.94. The van der Waals surface area contributed by atoms with Crippen LogP contribution in [-0.2, 0) is 12.8 Å². The molecule has 0 atom stereocenters.